The molecule has 0 amide bonds. The molecule has 2 aromatic carbocycles. The van der Waals surface area contributed by atoms with Crippen LogP contribution in [0.25, 0.3) is 0 Å². The van der Waals surface area contributed by atoms with E-state index in [9.17, 15) is 5.11 Å². The summed E-state index contributed by atoms with van der Waals surface area (Å²) in [5.74, 6) is 1.24. The van der Waals surface area contributed by atoms with Crippen LogP contribution in [0.4, 0.5) is 0 Å². The first kappa shape index (κ1) is 20.8. The monoisotopic (exact) mass is 373 g/mol. The maximum atomic E-state index is 9.68. The van der Waals surface area contributed by atoms with Crippen LogP contribution < -0.4 is 0 Å². The molecule has 3 rings (SSSR count). The van der Waals surface area contributed by atoms with Crippen LogP contribution in [0, 0.1) is 5.92 Å². The van der Waals surface area contributed by atoms with Crippen LogP contribution in [-0.4, -0.2) is 29.6 Å². The number of benzene rings is 2. The fourth-order valence-electron chi connectivity index (χ4n) is 3.96. The van der Waals surface area contributed by atoms with Gasteiger partial charge in [-0.15, -0.1) is 12.4 Å². The zero-order valence-electron chi connectivity index (χ0n) is 15.6. The fraction of sp³-hybridized carbons (Fsp3) is 0.478. The Balaban J connectivity index is 0.00000243. The summed E-state index contributed by atoms with van der Waals surface area (Å²) in [5, 5.41) is 9.68. The van der Waals surface area contributed by atoms with Crippen molar-refractivity contribution in [2.75, 3.05) is 19.6 Å². The van der Waals surface area contributed by atoms with Crippen LogP contribution in [0.5, 0.6) is 5.75 Å². The fourth-order valence-corrected chi connectivity index (χ4v) is 3.96. The van der Waals surface area contributed by atoms with Gasteiger partial charge in [-0.3, -0.25) is 0 Å². The first-order valence-electron chi connectivity index (χ1n) is 9.84. The molecule has 3 heteroatoms. The summed E-state index contributed by atoms with van der Waals surface area (Å²) in [5.41, 5.74) is 2.65. The molecule has 142 valence electrons. The Morgan fingerprint density at radius 2 is 1.46 bits per heavy atom. The summed E-state index contributed by atoms with van der Waals surface area (Å²) in [6.45, 7) is 3.43. The highest BCUT2D eigenvalue weighted by molar-refractivity contribution is 5.85. The van der Waals surface area contributed by atoms with Crippen LogP contribution in [0.15, 0.2) is 54.6 Å². The Labute approximate surface area is 164 Å². The molecule has 0 radical (unpaired) electrons. The molecule has 1 fully saturated rings. The molecule has 2 aromatic rings. The topological polar surface area (TPSA) is 23.5 Å². The molecule has 1 saturated carbocycles. The molecule has 0 aliphatic heterocycles. The highest BCUT2D eigenvalue weighted by Crippen LogP contribution is 2.24. The largest absolute Gasteiger partial charge is 0.508 e. The van der Waals surface area contributed by atoms with E-state index in [1.165, 1.54) is 49.8 Å². The minimum Gasteiger partial charge on any atom is -0.508 e. The Morgan fingerprint density at radius 3 is 2.15 bits per heavy atom. The van der Waals surface area contributed by atoms with Crippen LogP contribution in [0.1, 0.15) is 43.2 Å². The zero-order valence-corrected chi connectivity index (χ0v) is 16.5. The second-order valence-corrected chi connectivity index (χ2v) is 7.46. The van der Waals surface area contributed by atoms with Crippen LogP contribution in [0.3, 0.4) is 0 Å². The first-order chi connectivity index (χ1) is 12.3. The summed E-state index contributed by atoms with van der Waals surface area (Å²) in [6.07, 6.45) is 9.16. The van der Waals surface area contributed by atoms with Crippen molar-refractivity contribution in [1.29, 1.82) is 0 Å². The molecule has 0 heterocycles. The molecule has 1 aliphatic carbocycles. The van der Waals surface area contributed by atoms with Gasteiger partial charge in [0, 0.05) is 19.6 Å². The number of hydrogen-bond acceptors (Lipinski definition) is 2. The minimum atomic E-state index is 0. The number of halogens is 1. The summed E-state index contributed by atoms with van der Waals surface area (Å²) in [7, 11) is 0. The van der Waals surface area contributed by atoms with Crippen molar-refractivity contribution in [3.8, 4) is 5.75 Å². The molecule has 0 atom stereocenters. The van der Waals surface area contributed by atoms with E-state index < -0.39 is 0 Å². The van der Waals surface area contributed by atoms with Gasteiger partial charge >= 0.3 is 0 Å². The second-order valence-electron chi connectivity index (χ2n) is 7.46. The Kier molecular flexibility index (Phi) is 9.00. The van der Waals surface area contributed by atoms with E-state index in [0.29, 0.717) is 5.75 Å². The molecule has 0 spiro atoms. The van der Waals surface area contributed by atoms with E-state index in [4.69, 9.17) is 0 Å². The van der Waals surface area contributed by atoms with Crippen molar-refractivity contribution in [2.24, 2.45) is 5.92 Å². The summed E-state index contributed by atoms with van der Waals surface area (Å²) < 4.78 is 0. The lowest BCUT2D eigenvalue weighted by Crippen LogP contribution is -2.34. The molecule has 0 bridgehead atoms. The van der Waals surface area contributed by atoms with Crippen molar-refractivity contribution < 1.29 is 5.11 Å². The van der Waals surface area contributed by atoms with Gasteiger partial charge in [0.1, 0.15) is 5.75 Å². The van der Waals surface area contributed by atoms with Gasteiger partial charge in [-0.1, -0.05) is 61.7 Å². The highest BCUT2D eigenvalue weighted by Gasteiger charge is 2.17. The average Bonchev–Trinajstić information content (AvgIpc) is 2.66. The summed E-state index contributed by atoms with van der Waals surface area (Å²) in [4.78, 5) is 2.65. The molecule has 1 N–H and O–H groups in total. The number of nitrogens with zero attached hydrogens (tertiary/aromatic N) is 1. The van der Waals surface area contributed by atoms with Gasteiger partial charge in [-0.2, -0.15) is 0 Å². The van der Waals surface area contributed by atoms with E-state index in [1.54, 1.807) is 6.07 Å². The molecule has 26 heavy (non-hydrogen) atoms. The predicted molar refractivity (Wildman–Crippen MR) is 112 cm³/mol. The number of aromatic hydroxyl groups is 1. The van der Waals surface area contributed by atoms with E-state index >= 15 is 0 Å². The van der Waals surface area contributed by atoms with Gasteiger partial charge in [0.25, 0.3) is 0 Å². The number of hydrogen-bond donors (Lipinski definition) is 1. The summed E-state index contributed by atoms with van der Waals surface area (Å²) in [6, 6.07) is 18.5. The lowest BCUT2D eigenvalue weighted by Gasteiger charge is -2.30. The standard InChI is InChI=1S/C23H31NO.ClH/c25-23-13-7-12-21(18-23)15-17-24(19-22-10-5-2-6-11-22)16-14-20-8-3-1-4-9-20;/h1,3-4,7-9,12-13,18,22,25H,2,5-6,10-11,14-17,19H2;1H. The Bertz CT molecular complexity index is 625. The maximum Gasteiger partial charge on any atom is 0.115 e. The molecule has 2 nitrogen and oxygen atoms in total. The normalized spacial score (nSPS) is 15.0. The van der Waals surface area contributed by atoms with Gasteiger partial charge in [0.05, 0.1) is 0 Å². The van der Waals surface area contributed by atoms with Gasteiger partial charge in [-0.05, 0) is 54.9 Å². The van der Waals surface area contributed by atoms with Crippen LogP contribution in [0.2, 0.25) is 0 Å². The van der Waals surface area contributed by atoms with E-state index in [-0.39, 0.29) is 12.4 Å². The van der Waals surface area contributed by atoms with Gasteiger partial charge in [0.2, 0.25) is 0 Å². The Morgan fingerprint density at radius 1 is 0.808 bits per heavy atom. The molecule has 0 aromatic heterocycles. The van der Waals surface area contributed by atoms with Gasteiger partial charge in [0.15, 0.2) is 0 Å². The molecule has 0 unspecified atom stereocenters. The molecular weight excluding hydrogens is 342 g/mol. The lowest BCUT2D eigenvalue weighted by atomic mass is 9.89. The molecule has 0 saturated heterocycles. The third-order valence-corrected chi connectivity index (χ3v) is 5.43. The van der Waals surface area contributed by atoms with Crippen molar-refractivity contribution >= 4 is 12.4 Å². The highest BCUT2D eigenvalue weighted by atomic mass is 35.5. The zero-order chi connectivity index (χ0) is 17.3. The van der Waals surface area contributed by atoms with Crippen molar-refractivity contribution in [1.82, 2.24) is 4.90 Å². The number of phenolic OH excluding ortho intramolecular Hbond substituents is 1. The van der Waals surface area contributed by atoms with E-state index in [1.807, 2.05) is 12.1 Å². The van der Waals surface area contributed by atoms with Gasteiger partial charge in [-0.25, -0.2) is 0 Å². The summed E-state index contributed by atoms with van der Waals surface area (Å²) >= 11 is 0. The first-order valence-corrected chi connectivity index (χ1v) is 9.84. The van der Waals surface area contributed by atoms with E-state index in [2.05, 4.69) is 41.3 Å². The number of rotatable bonds is 8. The van der Waals surface area contributed by atoms with Crippen molar-refractivity contribution in [2.45, 2.75) is 44.9 Å². The van der Waals surface area contributed by atoms with Crippen LogP contribution >= 0.6 is 12.4 Å². The minimum absolute atomic E-state index is 0. The van der Waals surface area contributed by atoms with Gasteiger partial charge < -0.3 is 10.0 Å². The van der Waals surface area contributed by atoms with Crippen molar-refractivity contribution in [3.63, 3.8) is 0 Å². The lowest BCUT2D eigenvalue weighted by molar-refractivity contribution is 0.204. The number of phenols is 1. The third-order valence-electron chi connectivity index (χ3n) is 5.43. The van der Waals surface area contributed by atoms with E-state index in [0.717, 1.165) is 31.8 Å². The SMILES string of the molecule is Cl.Oc1cccc(CCN(CCc2ccccc2)CC2CCCCC2)c1. The Hall–Kier alpha value is -1.51. The average molecular weight is 374 g/mol. The van der Waals surface area contributed by atoms with Crippen LogP contribution in [-0.2, 0) is 12.8 Å². The predicted octanol–water partition coefficient (Wildman–Crippen LogP) is 5.48. The molecule has 1 aliphatic rings. The quantitative estimate of drug-likeness (QED) is 0.662. The smallest absolute Gasteiger partial charge is 0.115 e. The third kappa shape index (κ3) is 7.01. The maximum absolute atomic E-state index is 9.68. The second kappa shape index (κ2) is 11.3. The molecular formula is C23H32ClNO. The van der Waals surface area contributed by atoms with Crippen molar-refractivity contribution in [3.05, 3.63) is 65.7 Å².